The Hall–Kier alpha value is -3.12. The van der Waals surface area contributed by atoms with E-state index in [1.54, 1.807) is 12.3 Å². The Morgan fingerprint density at radius 3 is 2.68 bits per heavy atom. The van der Waals surface area contributed by atoms with Crippen LogP contribution in [-0.2, 0) is 6.42 Å². The molecule has 0 spiro atoms. The van der Waals surface area contributed by atoms with Crippen molar-refractivity contribution < 1.29 is 9.53 Å². The summed E-state index contributed by atoms with van der Waals surface area (Å²) in [5.41, 5.74) is 2.13. The van der Waals surface area contributed by atoms with E-state index in [4.69, 9.17) is 16.3 Å². The number of rotatable bonds is 8. The Kier molecular flexibility index (Phi) is 6.81. The van der Waals surface area contributed by atoms with Crippen LogP contribution in [0.15, 0.2) is 60.8 Å². The van der Waals surface area contributed by atoms with Crippen LogP contribution in [0.25, 0.3) is 0 Å². The van der Waals surface area contributed by atoms with E-state index in [0.717, 1.165) is 11.3 Å². The van der Waals surface area contributed by atoms with E-state index in [9.17, 15) is 4.79 Å². The van der Waals surface area contributed by atoms with Gasteiger partial charge in [-0.25, -0.2) is 9.97 Å². The standard InChI is InChI=1S/C21H21ClN4O2/c1-2-28-19-6-4-3-5-17(19)25-21-24-14-12-18(26-21)20(27)23-13-11-15-7-9-16(22)10-8-15/h3-10,12,14H,2,11,13H2,1H3,(H,23,27)(H,24,25,26). The largest absolute Gasteiger partial charge is 0.492 e. The molecule has 144 valence electrons. The highest BCUT2D eigenvalue weighted by Gasteiger charge is 2.10. The van der Waals surface area contributed by atoms with Crippen LogP contribution in [0.2, 0.25) is 5.02 Å². The molecule has 0 aliphatic rings. The van der Waals surface area contributed by atoms with E-state index in [1.807, 2.05) is 55.5 Å². The highest BCUT2D eigenvalue weighted by molar-refractivity contribution is 6.30. The first-order chi connectivity index (χ1) is 13.7. The fraction of sp³-hybridized carbons (Fsp3) is 0.190. The van der Waals surface area contributed by atoms with E-state index in [0.29, 0.717) is 42.0 Å². The van der Waals surface area contributed by atoms with Crippen LogP contribution in [0.1, 0.15) is 23.0 Å². The molecule has 0 saturated carbocycles. The molecule has 0 unspecified atom stereocenters. The predicted molar refractivity (Wildman–Crippen MR) is 110 cm³/mol. The minimum absolute atomic E-state index is 0.252. The number of hydrogen-bond acceptors (Lipinski definition) is 5. The molecule has 0 bridgehead atoms. The molecule has 3 rings (SSSR count). The maximum absolute atomic E-state index is 12.4. The van der Waals surface area contributed by atoms with Gasteiger partial charge in [0.2, 0.25) is 5.95 Å². The number of benzene rings is 2. The van der Waals surface area contributed by atoms with Crippen molar-refractivity contribution in [1.82, 2.24) is 15.3 Å². The molecular weight excluding hydrogens is 376 g/mol. The molecule has 6 nitrogen and oxygen atoms in total. The summed E-state index contributed by atoms with van der Waals surface area (Å²) >= 11 is 5.88. The summed E-state index contributed by atoms with van der Waals surface area (Å²) in [4.78, 5) is 20.9. The van der Waals surface area contributed by atoms with Gasteiger partial charge in [-0.1, -0.05) is 35.9 Å². The fourth-order valence-corrected chi connectivity index (χ4v) is 2.71. The molecule has 0 fully saturated rings. The molecule has 1 amide bonds. The number of nitrogens with zero attached hydrogens (tertiary/aromatic N) is 2. The van der Waals surface area contributed by atoms with Crippen molar-refractivity contribution in [1.29, 1.82) is 0 Å². The summed E-state index contributed by atoms with van der Waals surface area (Å²) < 4.78 is 5.58. The zero-order valence-electron chi connectivity index (χ0n) is 15.5. The number of carbonyl (C=O) groups is 1. The lowest BCUT2D eigenvalue weighted by molar-refractivity contribution is 0.0949. The zero-order chi connectivity index (χ0) is 19.8. The van der Waals surface area contributed by atoms with Gasteiger partial charge >= 0.3 is 0 Å². The number of anilines is 2. The number of carbonyl (C=O) groups excluding carboxylic acids is 1. The van der Waals surface area contributed by atoms with E-state index in [-0.39, 0.29) is 5.91 Å². The second-order valence-corrected chi connectivity index (χ2v) is 6.39. The Labute approximate surface area is 168 Å². The molecule has 0 saturated heterocycles. The molecule has 28 heavy (non-hydrogen) atoms. The smallest absolute Gasteiger partial charge is 0.270 e. The molecule has 1 heterocycles. The lowest BCUT2D eigenvalue weighted by Crippen LogP contribution is -2.26. The summed E-state index contributed by atoms with van der Waals surface area (Å²) in [7, 11) is 0. The molecule has 2 aromatic carbocycles. The summed E-state index contributed by atoms with van der Waals surface area (Å²) in [6.07, 6.45) is 2.26. The normalized spacial score (nSPS) is 10.4. The van der Waals surface area contributed by atoms with Gasteiger partial charge in [-0.05, 0) is 49.2 Å². The monoisotopic (exact) mass is 396 g/mol. The number of ether oxygens (including phenoxy) is 1. The van der Waals surface area contributed by atoms with Crippen LogP contribution in [-0.4, -0.2) is 29.0 Å². The molecule has 2 N–H and O–H groups in total. The average molecular weight is 397 g/mol. The highest BCUT2D eigenvalue weighted by Crippen LogP contribution is 2.25. The summed E-state index contributed by atoms with van der Waals surface area (Å²) in [5, 5.41) is 6.66. The van der Waals surface area contributed by atoms with Crippen LogP contribution in [0, 0.1) is 0 Å². The van der Waals surface area contributed by atoms with Crippen molar-refractivity contribution >= 4 is 29.1 Å². The van der Waals surface area contributed by atoms with Crippen molar-refractivity contribution in [2.24, 2.45) is 0 Å². The molecule has 0 atom stereocenters. The van der Waals surface area contributed by atoms with E-state index >= 15 is 0 Å². The number of para-hydroxylation sites is 2. The molecule has 7 heteroatoms. The van der Waals surface area contributed by atoms with Crippen molar-refractivity contribution in [3.05, 3.63) is 77.1 Å². The third-order valence-corrected chi connectivity index (χ3v) is 4.19. The van der Waals surface area contributed by atoms with Crippen molar-refractivity contribution in [3.8, 4) is 5.75 Å². The lowest BCUT2D eigenvalue weighted by Gasteiger charge is -2.11. The van der Waals surface area contributed by atoms with Crippen molar-refractivity contribution in [2.75, 3.05) is 18.5 Å². The van der Waals surface area contributed by atoms with Crippen molar-refractivity contribution in [2.45, 2.75) is 13.3 Å². The third-order valence-electron chi connectivity index (χ3n) is 3.93. The Morgan fingerprint density at radius 2 is 1.89 bits per heavy atom. The van der Waals surface area contributed by atoms with Gasteiger partial charge < -0.3 is 15.4 Å². The number of hydrogen-bond donors (Lipinski definition) is 2. The van der Waals surface area contributed by atoms with Gasteiger partial charge in [0.1, 0.15) is 11.4 Å². The van der Waals surface area contributed by atoms with Crippen LogP contribution < -0.4 is 15.4 Å². The molecular formula is C21H21ClN4O2. The number of aromatic nitrogens is 2. The average Bonchev–Trinajstić information content (AvgIpc) is 2.71. The molecule has 0 radical (unpaired) electrons. The molecule has 0 aliphatic heterocycles. The topological polar surface area (TPSA) is 76.1 Å². The minimum Gasteiger partial charge on any atom is -0.492 e. The Morgan fingerprint density at radius 1 is 1.11 bits per heavy atom. The quantitative estimate of drug-likeness (QED) is 0.595. The maximum Gasteiger partial charge on any atom is 0.270 e. The second-order valence-electron chi connectivity index (χ2n) is 5.95. The van der Waals surface area contributed by atoms with Gasteiger partial charge in [-0.2, -0.15) is 0 Å². The Balaban J connectivity index is 1.61. The van der Waals surface area contributed by atoms with Gasteiger partial charge in [0.05, 0.1) is 12.3 Å². The van der Waals surface area contributed by atoms with Gasteiger partial charge in [-0.3, -0.25) is 4.79 Å². The molecule has 3 aromatic rings. The van der Waals surface area contributed by atoms with E-state index in [2.05, 4.69) is 20.6 Å². The summed E-state index contributed by atoms with van der Waals surface area (Å²) in [6.45, 7) is 2.97. The van der Waals surface area contributed by atoms with Gasteiger partial charge in [0, 0.05) is 17.8 Å². The first kappa shape index (κ1) is 19.6. The van der Waals surface area contributed by atoms with Crippen LogP contribution in [0.3, 0.4) is 0 Å². The zero-order valence-corrected chi connectivity index (χ0v) is 16.2. The van der Waals surface area contributed by atoms with Gasteiger partial charge in [0.15, 0.2) is 0 Å². The second kappa shape index (κ2) is 9.71. The number of halogens is 1. The van der Waals surface area contributed by atoms with Crippen LogP contribution in [0.4, 0.5) is 11.6 Å². The van der Waals surface area contributed by atoms with Gasteiger partial charge in [-0.15, -0.1) is 0 Å². The van der Waals surface area contributed by atoms with Gasteiger partial charge in [0.25, 0.3) is 5.91 Å². The SMILES string of the molecule is CCOc1ccccc1Nc1nccc(C(=O)NCCc2ccc(Cl)cc2)n1. The summed E-state index contributed by atoms with van der Waals surface area (Å²) in [6, 6.07) is 16.6. The first-order valence-corrected chi connectivity index (χ1v) is 9.38. The Bertz CT molecular complexity index is 932. The predicted octanol–water partition coefficient (Wildman–Crippen LogP) is 4.24. The van der Waals surface area contributed by atoms with Crippen LogP contribution in [0.5, 0.6) is 5.75 Å². The summed E-state index contributed by atoms with van der Waals surface area (Å²) in [5.74, 6) is 0.779. The van der Waals surface area contributed by atoms with E-state index < -0.39 is 0 Å². The highest BCUT2D eigenvalue weighted by atomic mass is 35.5. The number of amides is 1. The molecule has 1 aromatic heterocycles. The fourth-order valence-electron chi connectivity index (χ4n) is 2.58. The first-order valence-electron chi connectivity index (χ1n) is 9.00. The maximum atomic E-state index is 12.4. The number of nitrogens with one attached hydrogen (secondary N) is 2. The minimum atomic E-state index is -0.252. The lowest BCUT2D eigenvalue weighted by atomic mass is 10.1. The molecule has 0 aliphatic carbocycles. The van der Waals surface area contributed by atoms with Crippen LogP contribution >= 0.6 is 11.6 Å². The van der Waals surface area contributed by atoms with E-state index in [1.165, 1.54) is 0 Å². The van der Waals surface area contributed by atoms with Crippen molar-refractivity contribution in [3.63, 3.8) is 0 Å². The third kappa shape index (κ3) is 5.44.